The van der Waals surface area contributed by atoms with E-state index in [0.29, 0.717) is 6.61 Å². The van der Waals surface area contributed by atoms with Gasteiger partial charge in [-0.15, -0.1) is 0 Å². The molecule has 0 aliphatic heterocycles. The first kappa shape index (κ1) is 20.3. The molecule has 9 nitrogen and oxygen atoms in total. The summed E-state index contributed by atoms with van der Waals surface area (Å²) in [4.78, 5) is 10.1. The van der Waals surface area contributed by atoms with Gasteiger partial charge in [0.1, 0.15) is 11.4 Å². The van der Waals surface area contributed by atoms with Gasteiger partial charge in [-0.05, 0) is 48.4 Å². The van der Waals surface area contributed by atoms with Crippen LogP contribution in [0.3, 0.4) is 0 Å². The van der Waals surface area contributed by atoms with E-state index in [0.717, 1.165) is 30.2 Å². The Morgan fingerprint density at radius 1 is 1.26 bits per heavy atom. The molecular weight excluding hydrogens is 372 g/mol. The van der Waals surface area contributed by atoms with Gasteiger partial charge in [0, 0.05) is 6.07 Å². The number of ether oxygens (including phenoxy) is 1. The molecule has 27 heavy (non-hydrogen) atoms. The van der Waals surface area contributed by atoms with Gasteiger partial charge in [-0.3, -0.25) is 15.5 Å². The fraction of sp³-hybridized carbons (Fsp3) is 0.235. The number of nitro benzene ring substituents is 1. The summed E-state index contributed by atoms with van der Waals surface area (Å²) in [6.07, 6.45) is 3.52. The van der Waals surface area contributed by atoms with Crippen molar-refractivity contribution >= 4 is 27.6 Å². The molecule has 0 heterocycles. The SMILES string of the molecule is CCCCOc1ccc(/C=N\Nc2ccc(S(N)(=O)=O)cc2[N+](=O)[O-])cc1. The maximum absolute atomic E-state index is 11.3. The quantitative estimate of drug-likeness (QED) is 0.291. The summed E-state index contributed by atoms with van der Waals surface area (Å²) in [6, 6.07) is 10.5. The van der Waals surface area contributed by atoms with E-state index in [2.05, 4.69) is 17.5 Å². The lowest BCUT2D eigenvalue weighted by atomic mass is 10.2. The largest absolute Gasteiger partial charge is 0.494 e. The second-order valence-electron chi connectivity index (χ2n) is 5.62. The molecule has 0 bridgehead atoms. The highest BCUT2D eigenvalue weighted by atomic mass is 32.2. The zero-order valence-corrected chi connectivity index (χ0v) is 15.5. The minimum absolute atomic E-state index is 0.0446. The summed E-state index contributed by atoms with van der Waals surface area (Å²) < 4.78 is 28.2. The van der Waals surface area contributed by atoms with Crippen LogP contribution < -0.4 is 15.3 Å². The van der Waals surface area contributed by atoms with E-state index in [1.54, 1.807) is 24.3 Å². The van der Waals surface area contributed by atoms with E-state index in [1.165, 1.54) is 18.3 Å². The predicted molar refractivity (Wildman–Crippen MR) is 103 cm³/mol. The summed E-state index contributed by atoms with van der Waals surface area (Å²) in [5.41, 5.74) is 2.90. The smallest absolute Gasteiger partial charge is 0.295 e. The van der Waals surface area contributed by atoms with Crippen molar-refractivity contribution in [1.29, 1.82) is 0 Å². The molecule has 0 saturated carbocycles. The lowest BCUT2D eigenvalue weighted by molar-refractivity contribution is -0.384. The van der Waals surface area contributed by atoms with Crippen LogP contribution in [0.15, 0.2) is 52.5 Å². The average molecular weight is 392 g/mol. The number of nitrogens with one attached hydrogen (secondary N) is 1. The van der Waals surface area contributed by atoms with Crippen molar-refractivity contribution in [2.45, 2.75) is 24.7 Å². The van der Waals surface area contributed by atoms with Gasteiger partial charge in [-0.2, -0.15) is 5.10 Å². The van der Waals surface area contributed by atoms with Crippen LogP contribution in [-0.2, 0) is 10.0 Å². The lowest BCUT2D eigenvalue weighted by Crippen LogP contribution is -2.12. The van der Waals surface area contributed by atoms with Gasteiger partial charge in [-0.25, -0.2) is 13.6 Å². The molecule has 0 unspecified atom stereocenters. The highest BCUT2D eigenvalue weighted by molar-refractivity contribution is 7.89. The minimum atomic E-state index is -4.03. The monoisotopic (exact) mass is 392 g/mol. The summed E-state index contributed by atoms with van der Waals surface area (Å²) in [6.45, 7) is 2.74. The van der Waals surface area contributed by atoms with Crippen LogP contribution in [0.25, 0.3) is 0 Å². The molecule has 2 rings (SSSR count). The number of sulfonamides is 1. The number of primary sulfonamides is 1. The second kappa shape index (κ2) is 9.10. The van der Waals surface area contributed by atoms with Crippen LogP contribution in [0, 0.1) is 10.1 Å². The number of nitro groups is 1. The standard InChI is InChI=1S/C17H20N4O5S/c1-2-3-10-26-14-6-4-13(5-7-14)12-19-20-16-9-8-15(27(18,24)25)11-17(16)21(22)23/h4-9,11-12,20H,2-3,10H2,1H3,(H2,18,24,25)/b19-12-. The summed E-state index contributed by atoms with van der Waals surface area (Å²) >= 11 is 0. The van der Waals surface area contributed by atoms with Gasteiger partial charge < -0.3 is 4.74 Å². The molecule has 2 aromatic rings. The van der Waals surface area contributed by atoms with Crippen molar-refractivity contribution in [2.24, 2.45) is 10.2 Å². The van der Waals surface area contributed by atoms with Crippen LogP contribution in [0.4, 0.5) is 11.4 Å². The Labute approximate surface area is 157 Å². The summed E-state index contributed by atoms with van der Waals surface area (Å²) in [5.74, 6) is 0.753. The molecule has 0 amide bonds. The average Bonchev–Trinajstić information content (AvgIpc) is 2.62. The number of anilines is 1. The molecule has 0 saturated heterocycles. The number of nitrogens with two attached hydrogens (primary N) is 1. The zero-order valence-electron chi connectivity index (χ0n) is 14.7. The first-order chi connectivity index (χ1) is 12.8. The first-order valence-electron chi connectivity index (χ1n) is 8.14. The van der Waals surface area contributed by atoms with Crippen molar-refractivity contribution in [2.75, 3.05) is 12.0 Å². The molecule has 0 aliphatic carbocycles. The molecule has 0 atom stereocenters. The van der Waals surface area contributed by atoms with E-state index >= 15 is 0 Å². The number of hydrogen-bond donors (Lipinski definition) is 2. The summed E-state index contributed by atoms with van der Waals surface area (Å²) in [7, 11) is -4.03. The molecule has 0 fully saturated rings. The van der Waals surface area contributed by atoms with E-state index in [1.807, 2.05) is 0 Å². The number of benzene rings is 2. The molecule has 10 heteroatoms. The maximum atomic E-state index is 11.3. The molecule has 2 aromatic carbocycles. The van der Waals surface area contributed by atoms with Gasteiger partial charge >= 0.3 is 0 Å². The third-order valence-electron chi connectivity index (χ3n) is 3.54. The molecule has 3 N–H and O–H groups in total. The third kappa shape index (κ3) is 6.04. The number of unbranched alkanes of at least 4 members (excludes halogenated alkanes) is 1. The van der Waals surface area contributed by atoms with E-state index in [4.69, 9.17) is 9.88 Å². The van der Waals surface area contributed by atoms with Crippen LogP contribution in [0.1, 0.15) is 25.3 Å². The Hall–Kier alpha value is -2.98. The van der Waals surface area contributed by atoms with Gasteiger partial charge in [0.15, 0.2) is 0 Å². The van der Waals surface area contributed by atoms with E-state index < -0.39 is 20.6 Å². The van der Waals surface area contributed by atoms with Crippen LogP contribution in [0.2, 0.25) is 0 Å². The maximum Gasteiger partial charge on any atom is 0.295 e. The van der Waals surface area contributed by atoms with Gasteiger partial charge in [0.25, 0.3) is 5.69 Å². The fourth-order valence-corrected chi connectivity index (χ4v) is 2.63. The lowest BCUT2D eigenvalue weighted by Gasteiger charge is -2.05. The van der Waals surface area contributed by atoms with Crippen LogP contribution in [-0.4, -0.2) is 26.2 Å². The molecule has 0 spiro atoms. The molecule has 0 radical (unpaired) electrons. The van der Waals surface area contributed by atoms with Crippen molar-refractivity contribution < 1.29 is 18.1 Å². The zero-order chi connectivity index (χ0) is 19.9. The molecule has 144 valence electrons. The molecule has 0 aliphatic rings. The number of hydrazone groups is 1. The van der Waals surface area contributed by atoms with Crippen molar-refractivity contribution in [1.82, 2.24) is 0 Å². The van der Waals surface area contributed by atoms with E-state index in [9.17, 15) is 18.5 Å². The van der Waals surface area contributed by atoms with Gasteiger partial charge in [0.05, 0.1) is 22.6 Å². The predicted octanol–water partition coefficient (Wildman–Crippen LogP) is 2.87. The Bertz CT molecular complexity index is 927. The van der Waals surface area contributed by atoms with Crippen molar-refractivity contribution in [3.8, 4) is 5.75 Å². The minimum Gasteiger partial charge on any atom is -0.494 e. The molecular formula is C17H20N4O5S. The van der Waals surface area contributed by atoms with Gasteiger partial charge in [0.2, 0.25) is 10.0 Å². The topological polar surface area (TPSA) is 137 Å². The highest BCUT2D eigenvalue weighted by Gasteiger charge is 2.18. The molecule has 0 aromatic heterocycles. The van der Waals surface area contributed by atoms with Gasteiger partial charge in [-0.1, -0.05) is 13.3 Å². The van der Waals surface area contributed by atoms with Crippen molar-refractivity contribution in [3.05, 3.63) is 58.1 Å². The number of nitrogens with zero attached hydrogens (tertiary/aromatic N) is 2. The summed E-state index contributed by atoms with van der Waals surface area (Å²) in [5, 5.41) is 20.1. The normalized spacial score (nSPS) is 11.5. The Morgan fingerprint density at radius 2 is 1.96 bits per heavy atom. The Kier molecular flexibility index (Phi) is 6.85. The van der Waals surface area contributed by atoms with Crippen molar-refractivity contribution in [3.63, 3.8) is 0 Å². The third-order valence-corrected chi connectivity index (χ3v) is 4.45. The van der Waals surface area contributed by atoms with E-state index in [-0.39, 0.29) is 10.6 Å². The highest BCUT2D eigenvalue weighted by Crippen LogP contribution is 2.27. The number of hydrogen-bond acceptors (Lipinski definition) is 7. The second-order valence-corrected chi connectivity index (χ2v) is 7.18. The van der Waals surface area contributed by atoms with Crippen LogP contribution >= 0.6 is 0 Å². The Morgan fingerprint density at radius 3 is 2.56 bits per heavy atom. The fourth-order valence-electron chi connectivity index (χ4n) is 2.09. The number of rotatable bonds is 9. The Balaban J connectivity index is 2.08. The van der Waals surface area contributed by atoms with Crippen LogP contribution in [0.5, 0.6) is 5.75 Å². The first-order valence-corrected chi connectivity index (χ1v) is 9.69.